The van der Waals surface area contributed by atoms with E-state index in [4.69, 9.17) is 85.3 Å². The lowest BCUT2D eigenvalue weighted by Gasteiger charge is -2.73. The van der Waals surface area contributed by atoms with Crippen molar-refractivity contribution in [2.45, 2.75) is 219 Å². The van der Waals surface area contributed by atoms with E-state index in [-0.39, 0.29) is 98.4 Å². The summed E-state index contributed by atoms with van der Waals surface area (Å²) in [6.07, 6.45) is -16.2. The highest BCUT2D eigenvalue weighted by Gasteiger charge is 2.89. The first kappa shape index (κ1) is 92.0. The minimum absolute atomic E-state index is 0.0889. The van der Waals surface area contributed by atoms with Crippen LogP contribution >= 0.6 is 0 Å². The Morgan fingerprint density at radius 3 is 1.16 bits per heavy atom. The van der Waals surface area contributed by atoms with Gasteiger partial charge < -0.3 is 128 Å². The summed E-state index contributed by atoms with van der Waals surface area (Å²) in [7, 11) is 0. The third kappa shape index (κ3) is 29.9. The smallest absolute Gasteiger partial charge is 0.303 e. The third-order valence-electron chi connectivity index (χ3n) is 16.0. The average Bonchev–Trinajstić information content (AvgIpc) is 0.645. The molecule has 0 aromatic carbocycles. The van der Waals surface area contributed by atoms with Crippen LogP contribution in [-0.2, 0) is 167 Å². The molecule has 17 unspecified atom stereocenters. The summed E-state index contributed by atoms with van der Waals surface area (Å²) in [6, 6.07) is -5.23. The summed E-state index contributed by atoms with van der Waals surface area (Å²) in [5.74, 6) is -12.4. The van der Waals surface area contributed by atoms with Crippen molar-refractivity contribution in [2.75, 3.05) is 98.9 Å². The molecule has 1 saturated carbocycles. The molecule has 8 amide bonds. The highest BCUT2D eigenvalue weighted by Crippen LogP contribution is 2.60. The first-order valence-corrected chi connectivity index (χ1v) is 34.6. The van der Waals surface area contributed by atoms with Gasteiger partial charge in [0.05, 0.1) is 59.5 Å². The van der Waals surface area contributed by atoms with Gasteiger partial charge in [-0.3, -0.25) is 81.5 Å². The van der Waals surface area contributed by atoms with Gasteiger partial charge in [0, 0.05) is 122 Å². The van der Waals surface area contributed by atoms with Gasteiger partial charge in [0.1, 0.15) is 56.2 Å². The van der Waals surface area contributed by atoms with Gasteiger partial charge >= 0.3 is 53.7 Å². The molecule has 1 aliphatic carbocycles. The van der Waals surface area contributed by atoms with E-state index >= 15 is 0 Å². The van der Waals surface area contributed by atoms with E-state index in [1.807, 2.05) is 0 Å². The van der Waals surface area contributed by atoms with Crippen molar-refractivity contribution in [1.29, 1.82) is 0 Å². The molecule has 0 aromatic heterocycles. The zero-order valence-corrected chi connectivity index (χ0v) is 62.9. The molecule has 0 bridgehead atoms. The Balaban J connectivity index is 1.38. The monoisotopic (exact) mass is 1560 g/mol. The average molecular weight is 1570 g/mol. The van der Waals surface area contributed by atoms with Crippen LogP contribution in [0.1, 0.15) is 116 Å². The second-order valence-corrected chi connectivity index (χ2v) is 25.0. The molecule has 4 rings (SSSR count). The minimum atomic E-state index is -1.72. The number of amides is 8. The van der Waals surface area contributed by atoms with E-state index in [1.165, 1.54) is 13.8 Å². The number of ether oxygens (including phenoxy) is 18. The molecule has 43 nitrogen and oxygen atoms in total. The summed E-state index contributed by atoms with van der Waals surface area (Å²) in [5, 5.41) is 20.7. The molecule has 0 radical (unpaired) electrons. The van der Waals surface area contributed by atoms with Gasteiger partial charge in [-0.05, 0) is 12.8 Å². The van der Waals surface area contributed by atoms with E-state index < -0.39 is 230 Å². The summed E-state index contributed by atoms with van der Waals surface area (Å²) >= 11 is 0. The normalized spacial score (nSPS) is 25.5. The Morgan fingerprint density at radius 1 is 0.376 bits per heavy atom. The largest absolute Gasteiger partial charge is 0.463 e. The summed E-state index contributed by atoms with van der Waals surface area (Å²) in [4.78, 5) is 212. The number of carbonyl (C=O) groups excluding carboxylic acids is 17. The van der Waals surface area contributed by atoms with Gasteiger partial charge in [0.15, 0.2) is 66.6 Å². The Hall–Kier alpha value is -9.37. The quantitative estimate of drug-likeness (QED) is 0.0160. The number of esters is 9. The second kappa shape index (κ2) is 45.6. The SMILES string of the molecule is CC(=O)NC(CCC(=O)NC(CCC(=O)NCCOCCOC1OC2(COC(C)=O)C(OC(C)=O)C(OC(C)=O)C12NC(C)=O)C(=O)NCCOCCOC1OC(COC(C)=O)C(OC(C)=O)C(OC(C)=O)C1NC(C)=O)C(=O)NCCOCCOC1OC(COC(C)=O)C(OC(C)=O)C(OC(C)=O)C1NC(C)=O. The molecular weight excluding hydrogens is 1460 g/mol. The number of hydrogen-bond acceptors (Lipinski definition) is 35. The van der Waals surface area contributed by atoms with E-state index in [2.05, 4.69) is 42.5 Å². The zero-order chi connectivity index (χ0) is 81.3. The summed E-state index contributed by atoms with van der Waals surface area (Å²) in [5.41, 5.74) is -3.42. The second-order valence-electron chi connectivity index (χ2n) is 25.0. The van der Waals surface area contributed by atoms with Crippen LogP contribution in [0.15, 0.2) is 0 Å². The number of rotatable bonds is 46. The maximum atomic E-state index is 13.9. The highest BCUT2D eigenvalue weighted by atomic mass is 16.8. The van der Waals surface area contributed by atoms with Crippen molar-refractivity contribution < 1.29 is 167 Å². The van der Waals surface area contributed by atoms with Crippen molar-refractivity contribution in [1.82, 2.24) is 42.5 Å². The van der Waals surface area contributed by atoms with E-state index in [0.717, 1.165) is 76.2 Å². The fraction of sp³-hybridized carbons (Fsp3) is 0.742. The van der Waals surface area contributed by atoms with Gasteiger partial charge in [0.25, 0.3) is 0 Å². The first-order valence-electron chi connectivity index (χ1n) is 34.6. The van der Waals surface area contributed by atoms with Crippen LogP contribution in [0, 0.1) is 0 Å². The van der Waals surface area contributed by atoms with Crippen LogP contribution in [0.4, 0.5) is 0 Å². The lowest BCUT2D eigenvalue weighted by Crippen LogP contribution is -3.01. The Morgan fingerprint density at radius 2 is 0.761 bits per heavy atom. The molecule has 614 valence electrons. The molecule has 43 heteroatoms. The van der Waals surface area contributed by atoms with E-state index in [0.29, 0.717) is 0 Å². The third-order valence-corrected chi connectivity index (χ3v) is 16.0. The topological polar surface area (TPSA) is 553 Å². The molecule has 8 N–H and O–H groups in total. The van der Waals surface area contributed by atoms with Gasteiger partial charge in [-0.15, -0.1) is 0 Å². The van der Waals surface area contributed by atoms with Gasteiger partial charge in [-0.1, -0.05) is 0 Å². The molecule has 3 aliphatic heterocycles. The summed E-state index contributed by atoms with van der Waals surface area (Å²) < 4.78 is 101. The van der Waals surface area contributed by atoms with Crippen molar-refractivity contribution in [3.8, 4) is 0 Å². The molecule has 3 heterocycles. The molecule has 0 spiro atoms. The Bertz CT molecular complexity index is 3200. The Kier molecular flexibility index (Phi) is 38.5. The fourth-order valence-electron chi connectivity index (χ4n) is 11.9. The highest BCUT2D eigenvalue weighted by molar-refractivity contribution is 5.90. The van der Waals surface area contributed by atoms with Crippen LogP contribution in [-0.4, -0.2) is 303 Å². The molecule has 4 fully saturated rings. The van der Waals surface area contributed by atoms with E-state index in [1.54, 1.807) is 0 Å². The van der Waals surface area contributed by atoms with Crippen LogP contribution < -0.4 is 42.5 Å². The number of nitrogens with one attached hydrogen (secondary N) is 8. The molecule has 109 heavy (non-hydrogen) atoms. The fourth-order valence-corrected chi connectivity index (χ4v) is 11.9. The zero-order valence-electron chi connectivity index (χ0n) is 62.9. The van der Waals surface area contributed by atoms with Crippen LogP contribution in [0.3, 0.4) is 0 Å². The molecule has 3 saturated heterocycles. The van der Waals surface area contributed by atoms with Crippen LogP contribution in [0.25, 0.3) is 0 Å². The number of fused-ring (bicyclic) bond motifs is 1. The van der Waals surface area contributed by atoms with Crippen LogP contribution in [0.5, 0.6) is 0 Å². The van der Waals surface area contributed by atoms with Crippen molar-refractivity contribution in [2.24, 2.45) is 0 Å². The van der Waals surface area contributed by atoms with Crippen molar-refractivity contribution in [3.63, 3.8) is 0 Å². The van der Waals surface area contributed by atoms with E-state index in [9.17, 15) is 81.5 Å². The minimum Gasteiger partial charge on any atom is -0.463 e. The molecule has 4 aliphatic rings. The predicted molar refractivity (Wildman–Crippen MR) is 357 cm³/mol. The molecular formula is C66H100N8O35. The predicted octanol–water partition coefficient (Wildman–Crippen LogP) is -5.29. The lowest BCUT2D eigenvalue weighted by atomic mass is 9.53. The van der Waals surface area contributed by atoms with Crippen LogP contribution in [0.2, 0.25) is 0 Å². The maximum absolute atomic E-state index is 13.9. The van der Waals surface area contributed by atoms with Gasteiger partial charge in [-0.2, -0.15) is 0 Å². The maximum Gasteiger partial charge on any atom is 0.303 e. The molecule has 0 aromatic rings. The van der Waals surface area contributed by atoms with Gasteiger partial charge in [0.2, 0.25) is 47.3 Å². The number of carbonyl (C=O) groups is 17. The Labute approximate surface area is 626 Å². The standard InChI is InChI=1S/C66H100N8O35/c1-33(75)70-46(60(90)68-19-22-93-24-27-95-62-52(71-34(2)76)56(103-42(10)84)54(101-40(8)82)48(107-62)30-98-37(5)79)15-17-51(89)73-47(61(91)69-20-23-94-25-28-96-63-53(72-35(3)77)57(104-43(11)85)55(102-41(9)83)49(108-63)31-99-38(6)80)14-16-50(88)67-18-21-92-26-29-97-64-66(74-36(4)78)59(106-45(13)87)58(105-44(12)86)65(66,109-64)32-100-39(7)81/h46-49,52-59,62-64H,14-32H2,1-13H3,(H,67,88)(H,68,90)(H,69,91)(H,70,75)(H,71,76)(H,72,77)(H,73,89)(H,74,78). The number of hydrogen-bond donors (Lipinski definition) is 8. The van der Waals surface area contributed by atoms with Crippen molar-refractivity contribution >= 4 is 101 Å². The first-order chi connectivity index (χ1) is 51.4. The van der Waals surface area contributed by atoms with Crippen molar-refractivity contribution in [3.05, 3.63) is 0 Å². The lowest BCUT2D eigenvalue weighted by molar-refractivity contribution is -0.473. The molecule has 17 atom stereocenters. The summed E-state index contributed by atoms with van der Waals surface area (Å²) in [6.45, 7) is 10.9. The van der Waals surface area contributed by atoms with Gasteiger partial charge in [-0.25, -0.2) is 0 Å².